The van der Waals surface area contributed by atoms with Gasteiger partial charge in [0.2, 0.25) is 0 Å². The Morgan fingerprint density at radius 2 is 2.10 bits per heavy atom. The van der Waals surface area contributed by atoms with Crippen molar-refractivity contribution >= 4 is 28.2 Å². The van der Waals surface area contributed by atoms with E-state index in [2.05, 4.69) is 4.98 Å². The third-order valence-corrected chi connectivity index (χ3v) is 4.64. The third-order valence-electron chi connectivity index (χ3n) is 2.82. The molecule has 0 N–H and O–H groups in total. The van der Waals surface area contributed by atoms with Gasteiger partial charge < -0.3 is 4.90 Å². The number of thiazole rings is 1. The molecule has 0 saturated heterocycles. The van der Waals surface area contributed by atoms with E-state index in [4.69, 9.17) is 0 Å². The summed E-state index contributed by atoms with van der Waals surface area (Å²) in [6.07, 6.45) is -0.798. The van der Waals surface area contributed by atoms with Gasteiger partial charge in [0, 0.05) is 17.8 Å². The molecule has 3 rings (SSSR count). The molecule has 0 radical (unpaired) electrons. The van der Waals surface area contributed by atoms with Crippen molar-refractivity contribution in [3.63, 3.8) is 0 Å². The van der Waals surface area contributed by atoms with Crippen LogP contribution in [-0.2, 0) is 6.18 Å². The maximum absolute atomic E-state index is 12.8. The summed E-state index contributed by atoms with van der Waals surface area (Å²) in [5.41, 5.74) is -0.00777. The molecule has 1 aliphatic rings. The van der Waals surface area contributed by atoms with Crippen LogP contribution in [0.15, 0.2) is 47.5 Å². The zero-order chi connectivity index (χ0) is 14.2. The molecule has 0 saturated carbocycles. The number of aromatic nitrogens is 1. The zero-order valence-corrected chi connectivity index (χ0v) is 11.7. The molecule has 20 heavy (non-hydrogen) atoms. The van der Waals surface area contributed by atoms with Crippen LogP contribution in [0.2, 0.25) is 0 Å². The molecule has 2 heterocycles. The summed E-state index contributed by atoms with van der Waals surface area (Å²) in [5, 5.41) is 4.28. The summed E-state index contributed by atoms with van der Waals surface area (Å²) in [7, 11) is 0. The second-order valence-corrected chi connectivity index (χ2v) is 5.98. The first-order valence-corrected chi connectivity index (χ1v) is 7.55. The van der Waals surface area contributed by atoms with Crippen molar-refractivity contribution in [1.29, 1.82) is 0 Å². The van der Waals surface area contributed by atoms with Gasteiger partial charge in [0.1, 0.15) is 5.37 Å². The lowest BCUT2D eigenvalue weighted by Crippen LogP contribution is -2.17. The van der Waals surface area contributed by atoms with Crippen molar-refractivity contribution in [3.8, 4) is 0 Å². The minimum absolute atomic E-state index is 0.205. The molecular weight excluding hydrogens is 305 g/mol. The summed E-state index contributed by atoms with van der Waals surface area (Å²) in [6, 6.07) is 5.44. The average Bonchev–Trinajstić information content (AvgIpc) is 3.08. The number of alkyl halides is 3. The Bertz CT molecular complexity index is 623. The van der Waals surface area contributed by atoms with Crippen molar-refractivity contribution < 1.29 is 13.2 Å². The van der Waals surface area contributed by atoms with E-state index in [0.717, 1.165) is 11.2 Å². The summed E-state index contributed by atoms with van der Waals surface area (Å²) >= 11 is 2.92. The molecule has 1 aromatic carbocycles. The Hall–Kier alpha value is -1.47. The second-order valence-electron chi connectivity index (χ2n) is 4.12. The molecule has 1 unspecified atom stereocenters. The number of rotatable bonds is 2. The van der Waals surface area contributed by atoms with Gasteiger partial charge in [-0.05, 0) is 23.1 Å². The SMILES string of the molecule is FC(F)(F)c1cccc(C2SC=CN2c2nccs2)c1. The number of hydrogen-bond acceptors (Lipinski definition) is 4. The summed E-state index contributed by atoms with van der Waals surface area (Å²) < 4.78 is 38.3. The lowest BCUT2D eigenvalue weighted by molar-refractivity contribution is -0.137. The van der Waals surface area contributed by atoms with Gasteiger partial charge in [0.05, 0.1) is 5.56 Å². The van der Waals surface area contributed by atoms with Crippen molar-refractivity contribution in [2.24, 2.45) is 0 Å². The monoisotopic (exact) mass is 314 g/mol. The average molecular weight is 314 g/mol. The molecular formula is C13H9F3N2S2. The van der Waals surface area contributed by atoms with E-state index in [1.165, 1.54) is 35.2 Å². The molecule has 104 valence electrons. The Morgan fingerprint density at radius 1 is 1.25 bits per heavy atom. The molecule has 1 atom stereocenters. The second kappa shape index (κ2) is 5.14. The van der Waals surface area contributed by atoms with Crippen LogP contribution >= 0.6 is 23.1 Å². The molecule has 0 aliphatic carbocycles. The van der Waals surface area contributed by atoms with Gasteiger partial charge in [-0.1, -0.05) is 12.1 Å². The molecule has 7 heteroatoms. The van der Waals surface area contributed by atoms with E-state index in [-0.39, 0.29) is 5.37 Å². The van der Waals surface area contributed by atoms with E-state index >= 15 is 0 Å². The van der Waals surface area contributed by atoms with Crippen LogP contribution in [0.1, 0.15) is 16.5 Å². The third kappa shape index (κ3) is 2.55. The number of nitrogens with zero attached hydrogens (tertiary/aromatic N) is 2. The van der Waals surface area contributed by atoms with Gasteiger partial charge in [0.25, 0.3) is 0 Å². The van der Waals surface area contributed by atoms with Crippen LogP contribution in [-0.4, -0.2) is 4.98 Å². The molecule has 0 amide bonds. The molecule has 2 aromatic rings. The quantitative estimate of drug-likeness (QED) is 0.785. The van der Waals surface area contributed by atoms with Crippen molar-refractivity contribution in [2.45, 2.75) is 11.6 Å². The minimum Gasteiger partial charge on any atom is -0.307 e. The number of hydrogen-bond donors (Lipinski definition) is 0. The highest BCUT2D eigenvalue weighted by Gasteiger charge is 2.32. The Morgan fingerprint density at radius 3 is 2.80 bits per heavy atom. The van der Waals surface area contributed by atoms with Crippen LogP contribution in [0.5, 0.6) is 0 Å². The molecule has 2 nitrogen and oxygen atoms in total. The van der Waals surface area contributed by atoms with Gasteiger partial charge in [-0.25, -0.2) is 4.98 Å². The van der Waals surface area contributed by atoms with Crippen molar-refractivity contribution in [1.82, 2.24) is 4.98 Å². The van der Waals surface area contributed by atoms with Gasteiger partial charge >= 0.3 is 6.18 Å². The highest BCUT2D eigenvalue weighted by atomic mass is 32.2. The van der Waals surface area contributed by atoms with Crippen molar-refractivity contribution in [3.05, 3.63) is 58.6 Å². The highest BCUT2D eigenvalue weighted by Crippen LogP contribution is 2.43. The molecule has 0 bridgehead atoms. The van der Waals surface area contributed by atoms with E-state index in [1.54, 1.807) is 12.3 Å². The Balaban J connectivity index is 1.93. The summed E-state index contributed by atoms with van der Waals surface area (Å²) in [5.74, 6) is 0. The standard InChI is InChI=1S/C13H9F3N2S2/c14-13(15,16)10-3-1-2-9(8-10)11-18(5-7-19-11)12-17-4-6-20-12/h1-8,11H. The fourth-order valence-electron chi connectivity index (χ4n) is 1.93. The molecule has 0 spiro atoms. The fraction of sp³-hybridized carbons (Fsp3) is 0.154. The van der Waals surface area contributed by atoms with E-state index in [9.17, 15) is 13.2 Å². The van der Waals surface area contributed by atoms with E-state index < -0.39 is 11.7 Å². The van der Waals surface area contributed by atoms with Crippen LogP contribution in [0.25, 0.3) is 0 Å². The van der Waals surface area contributed by atoms with Gasteiger partial charge in [-0.2, -0.15) is 13.2 Å². The first-order valence-electron chi connectivity index (χ1n) is 5.73. The van der Waals surface area contributed by atoms with Gasteiger partial charge in [-0.15, -0.1) is 23.1 Å². The predicted molar refractivity (Wildman–Crippen MR) is 75.5 cm³/mol. The lowest BCUT2D eigenvalue weighted by atomic mass is 10.1. The maximum Gasteiger partial charge on any atom is 0.416 e. The molecule has 0 fully saturated rings. The van der Waals surface area contributed by atoms with E-state index in [1.807, 2.05) is 21.9 Å². The number of benzene rings is 1. The van der Waals surface area contributed by atoms with Crippen LogP contribution in [0.3, 0.4) is 0 Å². The lowest BCUT2D eigenvalue weighted by Gasteiger charge is -2.23. The Kier molecular flexibility index (Phi) is 3.47. The zero-order valence-electron chi connectivity index (χ0n) is 10.0. The van der Waals surface area contributed by atoms with Crippen molar-refractivity contribution in [2.75, 3.05) is 4.90 Å². The van der Waals surface area contributed by atoms with Crippen LogP contribution in [0.4, 0.5) is 18.3 Å². The Labute approximate surface area is 121 Å². The maximum atomic E-state index is 12.8. The minimum atomic E-state index is -4.32. The number of halogens is 3. The fourth-order valence-corrected chi connectivity index (χ4v) is 3.61. The predicted octanol–water partition coefficient (Wildman–Crippen LogP) is 4.89. The van der Waals surface area contributed by atoms with Gasteiger partial charge in [0.15, 0.2) is 5.13 Å². The topological polar surface area (TPSA) is 16.1 Å². The summed E-state index contributed by atoms with van der Waals surface area (Å²) in [6.45, 7) is 0. The molecule has 1 aliphatic heterocycles. The van der Waals surface area contributed by atoms with E-state index in [0.29, 0.717) is 5.56 Å². The summed E-state index contributed by atoms with van der Waals surface area (Å²) in [4.78, 5) is 6.08. The smallest absolute Gasteiger partial charge is 0.307 e. The number of anilines is 1. The van der Waals surface area contributed by atoms with Crippen LogP contribution in [0, 0.1) is 0 Å². The van der Waals surface area contributed by atoms with Crippen LogP contribution < -0.4 is 4.90 Å². The van der Waals surface area contributed by atoms with Gasteiger partial charge in [-0.3, -0.25) is 0 Å². The first kappa shape index (κ1) is 13.5. The molecule has 1 aromatic heterocycles. The first-order chi connectivity index (χ1) is 9.55. The highest BCUT2D eigenvalue weighted by molar-refractivity contribution is 8.02. The largest absolute Gasteiger partial charge is 0.416 e. The number of thioether (sulfide) groups is 1. The normalized spacial score (nSPS) is 18.8.